The summed E-state index contributed by atoms with van der Waals surface area (Å²) in [5.74, 6) is 0. The first-order valence-electron chi connectivity index (χ1n) is 7.93. The van der Waals surface area contributed by atoms with Gasteiger partial charge in [0.2, 0.25) is 0 Å². The van der Waals surface area contributed by atoms with Gasteiger partial charge in [-0.2, -0.15) is 0 Å². The SMILES string of the molecule is CCCNC(CCN(C)C(C)C(C)(C)C)C(C)(C)C. The Morgan fingerprint density at radius 1 is 1.00 bits per heavy atom. The molecule has 116 valence electrons. The van der Waals surface area contributed by atoms with Crippen LogP contribution in [0.4, 0.5) is 0 Å². The summed E-state index contributed by atoms with van der Waals surface area (Å²) in [6.45, 7) is 20.9. The molecule has 0 bridgehead atoms. The molecule has 0 aromatic carbocycles. The summed E-state index contributed by atoms with van der Waals surface area (Å²) >= 11 is 0. The van der Waals surface area contributed by atoms with E-state index in [-0.39, 0.29) is 0 Å². The molecule has 2 heteroatoms. The van der Waals surface area contributed by atoms with Gasteiger partial charge in [0.1, 0.15) is 0 Å². The third-order valence-corrected chi connectivity index (χ3v) is 4.37. The number of nitrogens with zero attached hydrogens (tertiary/aromatic N) is 1. The Morgan fingerprint density at radius 2 is 1.53 bits per heavy atom. The Morgan fingerprint density at radius 3 is 1.89 bits per heavy atom. The minimum atomic E-state index is 0.334. The maximum absolute atomic E-state index is 3.72. The summed E-state index contributed by atoms with van der Waals surface area (Å²) in [7, 11) is 2.26. The molecule has 0 amide bonds. The van der Waals surface area contributed by atoms with Gasteiger partial charge >= 0.3 is 0 Å². The largest absolute Gasteiger partial charge is 0.313 e. The van der Waals surface area contributed by atoms with E-state index < -0.39 is 0 Å². The average Bonchev–Trinajstić information content (AvgIpc) is 2.24. The number of rotatable bonds is 7. The van der Waals surface area contributed by atoms with Gasteiger partial charge in [0, 0.05) is 12.1 Å². The van der Waals surface area contributed by atoms with Crippen molar-refractivity contribution in [2.45, 2.75) is 80.3 Å². The van der Waals surface area contributed by atoms with Gasteiger partial charge in [0.05, 0.1) is 0 Å². The number of hydrogen-bond donors (Lipinski definition) is 1. The van der Waals surface area contributed by atoms with E-state index in [1.54, 1.807) is 0 Å². The van der Waals surface area contributed by atoms with E-state index in [1.165, 1.54) is 12.8 Å². The molecular formula is C17H38N2. The maximum Gasteiger partial charge on any atom is 0.0128 e. The van der Waals surface area contributed by atoms with Gasteiger partial charge in [-0.3, -0.25) is 0 Å². The molecule has 0 rings (SSSR count). The van der Waals surface area contributed by atoms with Crippen molar-refractivity contribution < 1.29 is 0 Å². The van der Waals surface area contributed by atoms with Gasteiger partial charge in [0.15, 0.2) is 0 Å². The number of nitrogens with one attached hydrogen (secondary N) is 1. The van der Waals surface area contributed by atoms with Crippen LogP contribution < -0.4 is 5.32 Å². The van der Waals surface area contributed by atoms with Crippen molar-refractivity contribution in [2.75, 3.05) is 20.1 Å². The van der Waals surface area contributed by atoms with E-state index in [0.717, 1.165) is 13.1 Å². The molecule has 1 N–H and O–H groups in total. The molecule has 0 aliphatic carbocycles. The Labute approximate surface area is 122 Å². The highest BCUT2D eigenvalue weighted by atomic mass is 15.1. The first-order chi connectivity index (χ1) is 8.50. The van der Waals surface area contributed by atoms with Crippen molar-refractivity contribution in [2.24, 2.45) is 10.8 Å². The predicted octanol–water partition coefficient (Wildman–Crippen LogP) is 4.16. The average molecular weight is 271 g/mol. The Hall–Kier alpha value is -0.0800. The van der Waals surface area contributed by atoms with Crippen LogP contribution in [0.5, 0.6) is 0 Å². The molecule has 0 heterocycles. The van der Waals surface area contributed by atoms with E-state index in [4.69, 9.17) is 0 Å². The monoisotopic (exact) mass is 270 g/mol. The van der Waals surface area contributed by atoms with Crippen LogP contribution >= 0.6 is 0 Å². The van der Waals surface area contributed by atoms with E-state index in [1.807, 2.05) is 0 Å². The van der Waals surface area contributed by atoms with E-state index in [9.17, 15) is 0 Å². The van der Waals surface area contributed by atoms with Crippen LogP contribution in [0.15, 0.2) is 0 Å². The topological polar surface area (TPSA) is 15.3 Å². The van der Waals surface area contributed by atoms with Gasteiger partial charge in [-0.05, 0) is 50.7 Å². The standard InChI is InChI=1S/C17H38N2/c1-10-12-18-15(17(6,7)8)11-13-19(9)14(2)16(3,4)5/h14-15,18H,10-13H2,1-9H3. The first-order valence-corrected chi connectivity index (χ1v) is 7.93. The van der Waals surface area contributed by atoms with Crippen LogP contribution in [0.3, 0.4) is 0 Å². The Kier molecular flexibility index (Phi) is 7.60. The van der Waals surface area contributed by atoms with Gasteiger partial charge in [-0.15, -0.1) is 0 Å². The summed E-state index contributed by atoms with van der Waals surface area (Å²) in [6.07, 6.45) is 2.43. The fourth-order valence-electron chi connectivity index (χ4n) is 2.35. The minimum absolute atomic E-state index is 0.334. The van der Waals surface area contributed by atoms with E-state index >= 15 is 0 Å². The van der Waals surface area contributed by atoms with Crippen LogP contribution in [0.2, 0.25) is 0 Å². The summed E-state index contributed by atoms with van der Waals surface area (Å²) in [5, 5.41) is 3.72. The van der Waals surface area contributed by atoms with Gasteiger partial charge in [-0.25, -0.2) is 0 Å². The highest BCUT2D eigenvalue weighted by molar-refractivity contribution is 4.83. The maximum atomic E-state index is 3.72. The van der Waals surface area contributed by atoms with Crippen molar-refractivity contribution in [3.63, 3.8) is 0 Å². The van der Waals surface area contributed by atoms with Gasteiger partial charge in [0.25, 0.3) is 0 Å². The molecular weight excluding hydrogens is 232 g/mol. The molecule has 19 heavy (non-hydrogen) atoms. The molecule has 0 aliphatic heterocycles. The first kappa shape index (κ1) is 18.9. The van der Waals surface area contributed by atoms with E-state index in [0.29, 0.717) is 22.9 Å². The highest BCUT2D eigenvalue weighted by Crippen LogP contribution is 2.25. The molecule has 0 aromatic rings. The molecule has 2 nitrogen and oxygen atoms in total. The van der Waals surface area contributed by atoms with Crippen LogP contribution in [0.1, 0.15) is 68.2 Å². The molecule has 0 aliphatic rings. The van der Waals surface area contributed by atoms with Crippen molar-refractivity contribution >= 4 is 0 Å². The van der Waals surface area contributed by atoms with Crippen molar-refractivity contribution in [1.82, 2.24) is 10.2 Å². The molecule has 0 aromatic heterocycles. The lowest BCUT2D eigenvalue weighted by Crippen LogP contribution is -2.45. The van der Waals surface area contributed by atoms with Gasteiger partial charge in [-0.1, -0.05) is 48.5 Å². The second-order valence-electron chi connectivity index (χ2n) is 8.18. The van der Waals surface area contributed by atoms with Gasteiger partial charge < -0.3 is 10.2 Å². The minimum Gasteiger partial charge on any atom is -0.313 e. The second-order valence-corrected chi connectivity index (χ2v) is 8.18. The molecule has 0 fully saturated rings. The molecule has 2 unspecified atom stereocenters. The fraction of sp³-hybridized carbons (Fsp3) is 1.00. The molecule has 0 saturated heterocycles. The zero-order valence-electron chi connectivity index (χ0n) is 14.9. The molecule has 0 radical (unpaired) electrons. The fourth-order valence-corrected chi connectivity index (χ4v) is 2.35. The molecule has 2 atom stereocenters. The van der Waals surface area contributed by atoms with Crippen molar-refractivity contribution in [1.29, 1.82) is 0 Å². The Balaban J connectivity index is 4.39. The van der Waals surface area contributed by atoms with Crippen molar-refractivity contribution in [3.05, 3.63) is 0 Å². The molecule has 0 spiro atoms. The van der Waals surface area contributed by atoms with E-state index in [2.05, 4.69) is 72.7 Å². The van der Waals surface area contributed by atoms with Crippen LogP contribution in [-0.2, 0) is 0 Å². The Bertz CT molecular complexity index is 235. The summed E-state index contributed by atoms with van der Waals surface area (Å²) < 4.78 is 0. The second kappa shape index (κ2) is 7.64. The molecule has 0 saturated carbocycles. The number of hydrogen-bond acceptors (Lipinski definition) is 2. The highest BCUT2D eigenvalue weighted by Gasteiger charge is 2.27. The zero-order chi connectivity index (χ0) is 15.3. The van der Waals surface area contributed by atoms with Crippen LogP contribution in [0, 0.1) is 10.8 Å². The third kappa shape index (κ3) is 7.31. The summed E-state index contributed by atoms with van der Waals surface area (Å²) in [4.78, 5) is 2.51. The third-order valence-electron chi connectivity index (χ3n) is 4.37. The summed E-state index contributed by atoms with van der Waals surface area (Å²) in [5.41, 5.74) is 0.684. The quantitative estimate of drug-likeness (QED) is 0.747. The summed E-state index contributed by atoms with van der Waals surface area (Å²) in [6, 6.07) is 1.21. The van der Waals surface area contributed by atoms with Crippen LogP contribution in [0.25, 0.3) is 0 Å². The lowest BCUT2D eigenvalue weighted by atomic mass is 9.83. The predicted molar refractivity (Wildman–Crippen MR) is 87.7 cm³/mol. The normalized spacial score (nSPS) is 16.7. The smallest absolute Gasteiger partial charge is 0.0128 e. The van der Waals surface area contributed by atoms with Crippen LogP contribution in [-0.4, -0.2) is 37.1 Å². The lowest BCUT2D eigenvalue weighted by Gasteiger charge is -2.38. The zero-order valence-corrected chi connectivity index (χ0v) is 14.9. The lowest BCUT2D eigenvalue weighted by molar-refractivity contribution is 0.125. The van der Waals surface area contributed by atoms with Crippen molar-refractivity contribution in [3.8, 4) is 0 Å².